The van der Waals surface area contributed by atoms with Gasteiger partial charge in [-0.25, -0.2) is 9.59 Å². The van der Waals surface area contributed by atoms with Crippen LogP contribution in [0.2, 0.25) is 0 Å². The van der Waals surface area contributed by atoms with Gasteiger partial charge in [-0.2, -0.15) is 0 Å². The number of carbonyl (C=O) groups is 3. The van der Waals surface area contributed by atoms with Crippen LogP contribution in [0.5, 0.6) is 0 Å². The molecule has 4 atom stereocenters. The van der Waals surface area contributed by atoms with Gasteiger partial charge in [0.15, 0.2) is 0 Å². The van der Waals surface area contributed by atoms with Crippen molar-refractivity contribution in [3.8, 4) is 0 Å². The van der Waals surface area contributed by atoms with Crippen molar-refractivity contribution in [2.45, 2.75) is 43.8 Å². The number of ether oxygens (including phenoxy) is 1. The van der Waals surface area contributed by atoms with E-state index >= 15 is 0 Å². The van der Waals surface area contributed by atoms with E-state index in [1.807, 2.05) is 4.90 Å². The first-order valence-electron chi connectivity index (χ1n) is 8.35. The SMILES string of the molecule is C[C@@H](O)[C@H]1C(=O)N2C(OC(=O)O)=C(CN3CCCCC3NC(=O)O)S[C@H]12. The second kappa shape index (κ2) is 7.33. The van der Waals surface area contributed by atoms with E-state index in [1.165, 1.54) is 23.6 Å². The van der Waals surface area contributed by atoms with Gasteiger partial charge in [0.25, 0.3) is 0 Å². The molecule has 0 radical (unpaired) electrons. The molecule has 11 heteroatoms. The molecule has 2 amide bonds. The Morgan fingerprint density at radius 2 is 2.12 bits per heavy atom. The van der Waals surface area contributed by atoms with Crippen LogP contribution in [0, 0.1) is 5.92 Å². The molecule has 2 fully saturated rings. The number of carboxylic acid groups (broad SMARTS) is 2. The summed E-state index contributed by atoms with van der Waals surface area (Å²) in [5.74, 6) is -1.02. The number of amides is 2. The number of hydrogen-bond donors (Lipinski definition) is 4. The number of piperidine rings is 1. The van der Waals surface area contributed by atoms with E-state index in [1.54, 1.807) is 0 Å². The molecule has 0 aromatic carbocycles. The fraction of sp³-hybridized carbons (Fsp3) is 0.667. The van der Waals surface area contributed by atoms with E-state index in [4.69, 9.17) is 14.9 Å². The summed E-state index contributed by atoms with van der Waals surface area (Å²) in [6.07, 6.45) is -1.43. The largest absolute Gasteiger partial charge is 0.512 e. The third kappa shape index (κ3) is 3.46. The highest BCUT2D eigenvalue weighted by atomic mass is 32.2. The summed E-state index contributed by atoms with van der Waals surface area (Å²) in [5, 5.41) is 29.9. The molecule has 0 saturated carbocycles. The molecule has 0 aliphatic carbocycles. The molecule has 3 rings (SSSR count). The lowest BCUT2D eigenvalue weighted by molar-refractivity contribution is -0.155. The van der Waals surface area contributed by atoms with E-state index in [0.717, 1.165) is 12.8 Å². The van der Waals surface area contributed by atoms with Gasteiger partial charge in [0.2, 0.25) is 11.8 Å². The van der Waals surface area contributed by atoms with Crippen molar-refractivity contribution in [3.63, 3.8) is 0 Å². The monoisotopic (exact) mass is 387 g/mol. The molecule has 10 nitrogen and oxygen atoms in total. The Balaban J connectivity index is 1.80. The summed E-state index contributed by atoms with van der Waals surface area (Å²) in [6.45, 7) is 2.44. The number of thioether (sulfide) groups is 1. The van der Waals surface area contributed by atoms with E-state index < -0.39 is 29.6 Å². The minimum Gasteiger partial charge on any atom is -0.465 e. The standard InChI is InChI=1S/C15H21N3O7S/c1-7(19)10-11(20)18-12(25-15(23)24)8(26-13(10)18)6-17-5-3-2-4-9(17)16-14(21)22/h7,9-10,13,16,19H,2-6H2,1H3,(H,21,22)(H,23,24)/t7-,9?,10+,13-/m1/s1. The smallest absolute Gasteiger partial charge is 0.465 e. The fourth-order valence-corrected chi connectivity index (χ4v) is 5.14. The first-order valence-corrected chi connectivity index (χ1v) is 9.22. The fourth-order valence-electron chi connectivity index (χ4n) is 3.57. The van der Waals surface area contributed by atoms with E-state index in [0.29, 0.717) is 17.9 Å². The maximum atomic E-state index is 12.3. The average Bonchev–Trinajstić information content (AvgIpc) is 2.81. The number of hydrogen-bond acceptors (Lipinski definition) is 7. The zero-order chi connectivity index (χ0) is 19.0. The number of nitrogens with one attached hydrogen (secondary N) is 1. The molecular weight excluding hydrogens is 366 g/mol. The second-order valence-corrected chi connectivity index (χ2v) is 7.72. The van der Waals surface area contributed by atoms with Crippen molar-refractivity contribution in [1.82, 2.24) is 15.1 Å². The molecule has 2 saturated heterocycles. The van der Waals surface area contributed by atoms with E-state index in [-0.39, 0.29) is 24.5 Å². The van der Waals surface area contributed by atoms with Gasteiger partial charge in [0.05, 0.1) is 23.1 Å². The third-order valence-corrected chi connectivity index (χ3v) is 6.09. The topological polar surface area (TPSA) is 140 Å². The zero-order valence-electron chi connectivity index (χ0n) is 14.1. The molecule has 0 aromatic rings. The van der Waals surface area contributed by atoms with Crippen LogP contribution >= 0.6 is 11.8 Å². The van der Waals surface area contributed by atoms with E-state index in [2.05, 4.69) is 5.32 Å². The van der Waals surface area contributed by atoms with Crippen molar-refractivity contribution >= 4 is 29.9 Å². The Morgan fingerprint density at radius 3 is 2.73 bits per heavy atom. The summed E-state index contributed by atoms with van der Waals surface area (Å²) >= 11 is 1.28. The number of fused-ring (bicyclic) bond motifs is 1. The van der Waals surface area contributed by atoms with Gasteiger partial charge in [0.1, 0.15) is 5.37 Å². The summed E-state index contributed by atoms with van der Waals surface area (Å²) in [4.78, 5) is 38.0. The quantitative estimate of drug-likeness (QED) is 0.399. The predicted molar refractivity (Wildman–Crippen MR) is 89.9 cm³/mol. The summed E-state index contributed by atoms with van der Waals surface area (Å²) in [6, 6.07) is 0. The number of nitrogens with zero attached hydrogens (tertiary/aromatic N) is 2. The highest BCUT2D eigenvalue weighted by molar-refractivity contribution is 8.04. The summed E-state index contributed by atoms with van der Waals surface area (Å²) in [5.41, 5.74) is 0. The maximum Gasteiger partial charge on any atom is 0.512 e. The van der Waals surface area contributed by atoms with Gasteiger partial charge < -0.3 is 25.4 Å². The van der Waals surface area contributed by atoms with Crippen LogP contribution in [0.1, 0.15) is 26.2 Å². The van der Waals surface area contributed by atoms with Crippen molar-refractivity contribution in [2.24, 2.45) is 5.92 Å². The van der Waals surface area contributed by atoms with Crippen LogP contribution < -0.4 is 5.32 Å². The molecule has 26 heavy (non-hydrogen) atoms. The number of likely N-dealkylation sites (tertiary alicyclic amines) is 1. The third-order valence-electron chi connectivity index (χ3n) is 4.76. The van der Waals surface area contributed by atoms with Crippen LogP contribution in [-0.2, 0) is 9.53 Å². The van der Waals surface area contributed by atoms with Crippen molar-refractivity contribution in [3.05, 3.63) is 10.8 Å². The number of carbonyl (C=O) groups excluding carboxylic acids is 1. The van der Waals surface area contributed by atoms with Crippen LogP contribution in [0.25, 0.3) is 0 Å². The van der Waals surface area contributed by atoms with Crippen LogP contribution in [0.4, 0.5) is 9.59 Å². The number of β-lactam (4-membered cyclic amide) rings is 1. The molecule has 1 unspecified atom stereocenters. The predicted octanol–water partition coefficient (Wildman–Crippen LogP) is 0.842. The Hall–Kier alpha value is -1.98. The molecule has 3 aliphatic heterocycles. The molecule has 0 spiro atoms. The molecule has 4 N–H and O–H groups in total. The Kier molecular flexibility index (Phi) is 5.30. The van der Waals surface area contributed by atoms with Gasteiger partial charge in [-0.3, -0.25) is 14.6 Å². The Labute approximate surface area is 153 Å². The lowest BCUT2D eigenvalue weighted by Crippen LogP contribution is -2.60. The van der Waals surface area contributed by atoms with Crippen molar-refractivity contribution < 1.29 is 34.4 Å². The van der Waals surface area contributed by atoms with Crippen molar-refractivity contribution in [1.29, 1.82) is 0 Å². The lowest BCUT2D eigenvalue weighted by atomic mass is 9.93. The minimum atomic E-state index is -1.52. The number of rotatable bonds is 5. The van der Waals surface area contributed by atoms with Gasteiger partial charge in [-0.1, -0.05) is 11.8 Å². The van der Waals surface area contributed by atoms with Crippen LogP contribution in [0.15, 0.2) is 10.8 Å². The molecular formula is C15H21N3O7S. The Bertz CT molecular complexity index is 653. The molecule has 144 valence electrons. The average molecular weight is 387 g/mol. The van der Waals surface area contributed by atoms with Gasteiger partial charge in [-0.05, 0) is 26.2 Å². The second-order valence-electron chi connectivity index (χ2n) is 6.51. The maximum absolute atomic E-state index is 12.3. The molecule has 3 heterocycles. The lowest BCUT2D eigenvalue weighted by Gasteiger charge is -2.43. The van der Waals surface area contributed by atoms with Gasteiger partial charge in [0, 0.05) is 13.1 Å². The highest BCUT2D eigenvalue weighted by Crippen LogP contribution is 2.50. The van der Waals surface area contributed by atoms with Crippen LogP contribution in [0.3, 0.4) is 0 Å². The molecule has 3 aliphatic rings. The normalized spacial score (nSPS) is 29.8. The zero-order valence-corrected chi connectivity index (χ0v) is 14.9. The molecule has 0 aromatic heterocycles. The van der Waals surface area contributed by atoms with Crippen LogP contribution in [-0.4, -0.2) is 74.0 Å². The van der Waals surface area contributed by atoms with E-state index in [9.17, 15) is 19.5 Å². The van der Waals surface area contributed by atoms with Gasteiger partial charge in [-0.15, -0.1) is 0 Å². The summed E-state index contributed by atoms with van der Waals surface area (Å²) < 4.78 is 4.85. The van der Waals surface area contributed by atoms with Gasteiger partial charge >= 0.3 is 12.2 Å². The van der Waals surface area contributed by atoms with Crippen molar-refractivity contribution in [2.75, 3.05) is 13.1 Å². The number of aliphatic hydroxyl groups excluding tert-OH is 1. The Morgan fingerprint density at radius 1 is 1.38 bits per heavy atom. The molecule has 0 bridgehead atoms. The number of aliphatic hydroxyl groups is 1. The minimum absolute atomic E-state index is 0.0333. The first kappa shape index (κ1) is 18.8. The first-order chi connectivity index (χ1) is 12.3. The summed E-state index contributed by atoms with van der Waals surface area (Å²) in [7, 11) is 0. The highest BCUT2D eigenvalue weighted by Gasteiger charge is 2.57.